The summed E-state index contributed by atoms with van der Waals surface area (Å²) in [5.41, 5.74) is -0.168. The Labute approximate surface area is 174 Å². The van der Waals surface area contributed by atoms with Crippen molar-refractivity contribution in [3.8, 4) is 0 Å². The first-order valence-electron chi connectivity index (χ1n) is 8.18. The maximum Gasteiger partial charge on any atom is 0.433 e. The molecule has 28 heavy (non-hydrogen) atoms. The van der Waals surface area contributed by atoms with Gasteiger partial charge in [-0.3, -0.25) is 9.48 Å². The molecule has 0 aliphatic heterocycles. The number of hydrogen-bond acceptors (Lipinski definition) is 4. The minimum Gasteiger partial charge on any atom is -0.351 e. The van der Waals surface area contributed by atoms with Crippen molar-refractivity contribution in [2.24, 2.45) is 0 Å². The molecule has 1 N–H and O–H groups in total. The smallest absolute Gasteiger partial charge is 0.351 e. The Kier molecular flexibility index (Phi) is 5.80. The van der Waals surface area contributed by atoms with Crippen LogP contribution in [-0.2, 0) is 12.7 Å². The molecule has 0 unspecified atom stereocenters. The lowest BCUT2D eigenvalue weighted by Crippen LogP contribution is -2.26. The van der Waals surface area contributed by atoms with Crippen molar-refractivity contribution >= 4 is 43.4 Å². The summed E-state index contributed by atoms with van der Waals surface area (Å²) in [5, 5.41) is 10.8. The van der Waals surface area contributed by atoms with E-state index in [2.05, 4.69) is 52.4 Å². The van der Waals surface area contributed by atoms with Gasteiger partial charge in [-0.1, -0.05) is 0 Å². The van der Waals surface area contributed by atoms with Crippen LogP contribution in [0.5, 0.6) is 0 Å². The van der Waals surface area contributed by atoms with Crippen LogP contribution in [0.4, 0.5) is 13.2 Å². The first-order chi connectivity index (χ1) is 13.1. The van der Waals surface area contributed by atoms with Gasteiger partial charge in [0.25, 0.3) is 5.91 Å². The van der Waals surface area contributed by atoms with E-state index in [4.69, 9.17) is 0 Å². The molecule has 0 aliphatic carbocycles. The number of fused-ring (bicyclic) bond motifs is 1. The zero-order valence-electron chi connectivity index (χ0n) is 14.8. The molecule has 0 saturated carbocycles. The Hall–Kier alpha value is -1.95. The van der Waals surface area contributed by atoms with Crippen LogP contribution in [0.3, 0.4) is 0 Å². The monoisotopic (exact) mass is 522 g/mol. The van der Waals surface area contributed by atoms with Crippen LogP contribution in [0.2, 0.25) is 0 Å². The molecule has 12 heteroatoms. The first kappa shape index (κ1) is 20.8. The quantitative estimate of drug-likeness (QED) is 0.514. The highest BCUT2D eigenvalue weighted by Gasteiger charge is 2.36. The third-order valence-electron chi connectivity index (χ3n) is 3.90. The number of amides is 1. The fraction of sp³-hybridized carbons (Fsp3) is 0.375. The van der Waals surface area contributed by atoms with Crippen LogP contribution in [0.15, 0.2) is 21.2 Å². The number of carbonyl (C=O) groups is 1. The summed E-state index contributed by atoms with van der Waals surface area (Å²) >= 11 is 6.52. The molecule has 0 saturated heterocycles. The van der Waals surface area contributed by atoms with Gasteiger partial charge in [0.2, 0.25) is 0 Å². The van der Waals surface area contributed by atoms with E-state index >= 15 is 0 Å². The maximum absolute atomic E-state index is 13.3. The fourth-order valence-electron chi connectivity index (χ4n) is 2.59. The number of aromatic nitrogens is 5. The van der Waals surface area contributed by atoms with Crippen LogP contribution in [-0.4, -0.2) is 36.8 Å². The van der Waals surface area contributed by atoms with Crippen LogP contribution in [0.1, 0.15) is 34.0 Å². The number of nitrogens with zero attached hydrogens (tertiary/aromatic N) is 5. The zero-order valence-corrected chi connectivity index (χ0v) is 18.0. The van der Waals surface area contributed by atoms with Crippen molar-refractivity contribution < 1.29 is 18.0 Å². The summed E-state index contributed by atoms with van der Waals surface area (Å²) in [5.74, 6) is -0.582. The predicted molar refractivity (Wildman–Crippen MR) is 102 cm³/mol. The number of rotatable bonds is 5. The second-order valence-corrected chi connectivity index (χ2v) is 7.76. The van der Waals surface area contributed by atoms with Gasteiger partial charge in [0.15, 0.2) is 11.3 Å². The van der Waals surface area contributed by atoms with E-state index in [9.17, 15) is 18.0 Å². The summed E-state index contributed by atoms with van der Waals surface area (Å²) in [6, 6.07) is 0.887. The minimum absolute atomic E-state index is 0.0608. The summed E-state index contributed by atoms with van der Waals surface area (Å²) < 4.78 is 43.2. The number of aryl methyl sites for hydroxylation is 3. The van der Waals surface area contributed by atoms with Gasteiger partial charge in [0.05, 0.1) is 14.6 Å². The normalized spacial score (nSPS) is 12.0. The fourth-order valence-corrected chi connectivity index (χ4v) is 3.43. The molecule has 150 valence electrons. The summed E-state index contributed by atoms with van der Waals surface area (Å²) in [6.45, 7) is 4.21. The molecule has 3 aromatic rings. The van der Waals surface area contributed by atoms with Crippen LogP contribution >= 0.6 is 31.9 Å². The predicted octanol–water partition coefficient (Wildman–Crippen LogP) is 3.91. The highest BCUT2D eigenvalue weighted by molar-refractivity contribution is 9.11. The molecule has 3 heterocycles. The Morgan fingerprint density at radius 3 is 2.57 bits per heavy atom. The molecule has 0 fully saturated rings. The average Bonchev–Trinajstić information content (AvgIpc) is 3.10. The van der Waals surface area contributed by atoms with Crippen molar-refractivity contribution in [3.05, 3.63) is 44.0 Å². The van der Waals surface area contributed by atoms with E-state index in [1.54, 1.807) is 4.68 Å². The van der Waals surface area contributed by atoms with Gasteiger partial charge in [-0.15, -0.1) is 0 Å². The Balaban J connectivity index is 1.74. The van der Waals surface area contributed by atoms with Gasteiger partial charge >= 0.3 is 6.18 Å². The van der Waals surface area contributed by atoms with Crippen molar-refractivity contribution in [2.75, 3.05) is 6.54 Å². The van der Waals surface area contributed by atoms with E-state index in [1.165, 1.54) is 6.92 Å². The van der Waals surface area contributed by atoms with E-state index in [1.807, 2.05) is 13.1 Å². The third kappa shape index (κ3) is 4.22. The number of halogens is 5. The molecule has 0 spiro atoms. The van der Waals surface area contributed by atoms with Gasteiger partial charge < -0.3 is 5.32 Å². The lowest BCUT2D eigenvalue weighted by Gasteiger charge is -2.09. The lowest BCUT2D eigenvalue weighted by atomic mass is 10.3. The Morgan fingerprint density at radius 2 is 1.96 bits per heavy atom. The topological polar surface area (TPSA) is 77.1 Å². The van der Waals surface area contributed by atoms with Gasteiger partial charge in [0, 0.05) is 25.0 Å². The summed E-state index contributed by atoms with van der Waals surface area (Å²) in [4.78, 5) is 16.5. The number of nitrogens with one attached hydrogen (secondary N) is 1. The van der Waals surface area contributed by atoms with Crippen LogP contribution < -0.4 is 5.32 Å². The van der Waals surface area contributed by atoms with Crippen LogP contribution in [0.25, 0.3) is 5.65 Å². The molecule has 3 aromatic heterocycles. The molecule has 0 radical (unpaired) electrons. The standard InChI is InChI=1S/C16H15Br2F3N6O/c1-8-6-11(16(19,20)21)27-14(23-8)12(18)13(25-27)15(28)22-4-3-5-26-7-10(17)9(2)24-26/h6-7H,3-5H2,1-2H3,(H,22,28). The van der Waals surface area contributed by atoms with Crippen molar-refractivity contribution in [1.29, 1.82) is 0 Å². The summed E-state index contributed by atoms with van der Waals surface area (Å²) in [6.07, 6.45) is -2.20. The van der Waals surface area contributed by atoms with E-state index in [0.717, 1.165) is 16.2 Å². The lowest BCUT2D eigenvalue weighted by molar-refractivity contribution is -0.142. The molecule has 3 rings (SSSR count). The Morgan fingerprint density at radius 1 is 1.25 bits per heavy atom. The van der Waals surface area contributed by atoms with Gasteiger partial charge in [-0.2, -0.15) is 23.4 Å². The van der Waals surface area contributed by atoms with Gasteiger partial charge in [-0.05, 0) is 58.2 Å². The molecule has 0 atom stereocenters. The highest BCUT2D eigenvalue weighted by Crippen LogP contribution is 2.32. The van der Waals surface area contributed by atoms with E-state index in [0.29, 0.717) is 24.0 Å². The molecule has 0 aromatic carbocycles. The van der Waals surface area contributed by atoms with Crippen molar-refractivity contribution in [1.82, 2.24) is 29.7 Å². The summed E-state index contributed by atoms with van der Waals surface area (Å²) in [7, 11) is 0. The number of carbonyl (C=O) groups excluding carboxylic acids is 1. The number of hydrogen-bond donors (Lipinski definition) is 1. The second kappa shape index (κ2) is 7.82. The first-order valence-corrected chi connectivity index (χ1v) is 9.77. The van der Waals surface area contributed by atoms with Gasteiger partial charge in [0.1, 0.15) is 5.69 Å². The minimum atomic E-state index is -4.62. The van der Waals surface area contributed by atoms with E-state index < -0.39 is 17.8 Å². The second-order valence-electron chi connectivity index (χ2n) is 6.11. The maximum atomic E-state index is 13.3. The molecule has 0 aliphatic rings. The van der Waals surface area contributed by atoms with E-state index in [-0.39, 0.29) is 21.5 Å². The van der Waals surface area contributed by atoms with Crippen molar-refractivity contribution in [2.45, 2.75) is 33.0 Å². The highest BCUT2D eigenvalue weighted by atomic mass is 79.9. The largest absolute Gasteiger partial charge is 0.433 e. The van der Waals surface area contributed by atoms with Crippen molar-refractivity contribution in [3.63, 3.8) is 0 Å². The molecule has 1 amide bonds. The van der Waals surface area contributed by atoms with Gasteiger partial charge in [-0.25, -0.2) is 9.50 Å². The Bertz CT molecular complexity index is 1020. The molecular weight excluding hydrogens is 509 g/mol. The number of alkyl halides is 3. The van der Waals surface area contributed by atoms with Crippen LogP contribution in [0, 0.1) is 13.8 Å². The molecule has 0 bridgehead atoms. The average molecular weight is 524 g/mol. The third-order valence-corrected chi connectivity index (χ3v) is 5.41. The SMILES string of the molecule is Cc1cc(C(F)(F)F)n2nc(C(=O)NCCCn3cc(Br)c(C)n3)c(Br)c2n1. The molecule has 7 nitrogen and oxygen atoms in total. The zero-order chi connectivity index (χ0) is 20.6. The molecular formula is C16H15Br2F3N6O.